The van der Waals surface area contributed by atoms with E-state index in [0.717, 1.165) is 11.4 Å². The van der Waals surface area contributed by atoms with Gasteiger partial charge in [0.1, 0.15) is 0 Å². The van der Waals surface area contributed by atoms with Crippen LogP contribution in [0.5, 0.6) is 0 Å². The molecule has 1 unspecified atom stereocenters. The van der Waals surface area contributed by atoms with E-state index in [1.165, 1.54) is 4.52 Å². The summed E-state index contributed by atoms with van der Waals surface area (Å²) in [7, 11) is 0. The molecule has 2 rings (SSSR count). The number of aliphatic hydroxyl groups is 1. The molecule has 0 fully saturated rings. The van der Waals surface area contributed by atoms with E-state index >= 15 is 0 Å². The summed E-state index contributed by atoms with van der Waals surface area (Å²) in [4.78, 5) is 20.3. The third-order valence-electron chi connectivity index (χ3n) is 2.87. The number of nitrogens with zero attached hydrogens (tertiary/aromatic N) is 4. The van der Waals surface area contributed by atoms with Crippen LogP contribution in [0.25, 0.3) is 5.78 Å². The summed E-state index contributed by atoms with van der Waals surface area (Å²) in [5.41, 5.74) is 1.69. The van der Waals surface area contributed by atoms with E-state index in [1.807, 2.05) is 26.8 Å². The lowest BCUT2D eigenvalue weighted by Gasteiger charge is -2.11. The summed E-state index contributed by atoms with van der Waals surface area (Å²) in [6.07, 6.45) is 0.645. The minimum Gasteiger partial charge on any atom is -0.394 e. The highest BCUT2D eigenvalue weighted by Crippen LogP contribution is 2.05. The van der Waals surface area contributed by atoms with Crippen molar-refractivity contribution in [3.8, 4) is 0 Å². The van der Waals surface area contributed by atoms with Gasteiger partial charge in [0.15, 0.2) is 0 Å². The van der Waals surface area contributed by atoms with E-state index in [4.69, 9.17) is 5.11 Å². The van der Waals surface area contributed by atoms with E-state index in [9.17, 15) is 4.79 Å². The highest BCUT2D eigenvalue weighted by molar-refractivity contribution is 5.91. The standard InChI is InChI=1S/C12H17N5O2/c1-4-9(6-18)14-11(19)10-15-12-13-7(2)5-8(3)17(12)16-10/h5,9,18H,4,6H2,1-3H3,(H,14,19). The number of aromatic nitrogens is 4. The van der Waals surface area contributed by atoms with Crippen molar-refractivity contribution in [1.29, 1.82) is 0 Å². The van der Waals surface area contributed by atoms with Crippen molar-refractivity contribution in [2.75, 3.05) is 6.61 Å². The molecule has 0 aliphatic rings. The number of aryl methyl sites for hydroxylation is 2. The Morgan fingerprint density at radius 1 is 1.47 bits per heavy atom. The zero-order valence-electron chi connectivity index (χ0n) is 11.2. The van der Waals surface area contributed by atoms with Crippen LogP contribution in [0.1, 0.15) is 35.4 Å². The molecule has 7 nitrogen and oxygen atoms in total. The molecule has 0 spiro atoms. The lowest BCUT2D eigenvalue weighted by molar-refractivity contribution is 0.0904. The summed E-state index contributed by atoms with van der Waals surface area (Å²) < 4.78 is 1.53. The van der Waals surface area contributed by atoms with Crippen LogP contribution in [0.3, 0.4) is 0 Å². The molecule has 2 heterocycles. The van der Waals surface area contributed by atoms with Gasteiger partial charge >= 0.3 is 0 Å². The van der Waals surface area contributed by atoms with Crippen molar-refractivity contribution in [2.45, 2.75) is 33.2 Å². The van der Waals surface area contributed by atoms with Gasteiger partial charge in [-0.1, -0.05) is 6.92 Å². The molecule has 102 valence electrons. The average Bonchev–Trinajstić information content (AvgIpc) is 2.79. The fourth-order valence-electron chi connectivity index (χ4n) is 1.79. The van der Waals surface area contributed by atoms with Crippen LogP contribution in [0.15, 0.2) is 6.07 Å². The molecular weight excluding hydrogens is 246 g/mol. The lowest BCUT2D eigenvalue weighted by atomic mass is 10.2. The first kappa shape index (κ1) is 13.4. The molecule has 2 aromatic rings. The molecule has 0 aromatic carbocycles. The third kappa shape index (κ3) is 2.70. The highest BCUT2D eigenvalue weighted by Gasteiger charge is 2.17. The minimum absolute atomic E-state index is 0.0631. The molecule has 2 N–H and O–H groups in total. The van der Waals surface area contributed by atoms with E-state index in [0.29, 0.717) is 12.2 Å². The van der Waals surface area contributed by atoms with Crippen LogP contribution in [0.4, 0.5) is 0 Å². The van der Waals surface area contributed by atoms with Crippen molar-refractivity contribution >= 4 is 11.7 Å². The largest absolute Gasteiger partial charge is 0.394 e. The van der Waals surface area contributed by atoms with Gasteiger partial charge in [0, 0.05) is 11.4 Å². The maximum absolute atomic E-state index is 12.0. The second-order valence-corrected chi connectivity index (χ2v) is 4.45. The van der Waals surface area contributed by atoms with Crippen LogP contribution in [0.2, 0.25) is 0 Å². The van der Waals surface area contributed by atoms with Gasteiger partial charge in [-0.25, -0.2) is 9.50 Å². The molecule has 0 aliphatic heterocycles. The number of fused-ring (bicyclic) bond motifs is 1. The molecule has 1 amide bonds. The van der Waals surface area contributed by atoms with E-state index in [2.05, 4.69) is 20.4 Å². The number of carbonyl (C=O) groups is 1. The Bertz CT molecular complexity index is 603. The predicted octanol–water partition coefficient (Wildman–Crippen LogP) is 0.242. The zero-order chi connectivity index (χ0) is 14.0. The number of hydrogen-bond acceptors (Lipinski definition) is 5. The van der Waals surface area contributed by atoms with Gasteiger partial charge in [0.25, 0.3) is 11.7 Å². The normalized spacial score (nSPS) is 12.6. The van der Waals surface area contributed by atoms with Crippen molar-refractivity contribution < 1.29 is 9.90 Å². The van der Waals surface area contributed by atoms with Crippen LogP contribution in [0, 0.1) is 13.8 Å². The molecular formula is C12H17N5O2. The Balaban J connectivity index is 2.31. The second kappa shape index (κ2) is 5.31. The Labute approximate surface area is 110 Å². The van der Waals surface area contributed by atoms with Crippen molar-refractivity contribution in [3.05, 3.63) is 23.3 Å². The summed E-state index contributed by atoms with van der Waals surface area (Å²) in [6.45, 7) is 5.51. The van der Waals surface area contributed by atoms with Gasteiger partial charge in [-0.2, -0.15) is 4.98 Å². The Morgan fingerprint density at radius 2 is 2.21 bits per heavy atom. The van der Waals surface area contributed by atoms with Crippen LogP contribution < -0.4 is 5.32 Å². The zero-order valence-corrected chi connectivity index (χ0v) is 11.2. The van der Waals surface area contributed by atoms with Crippen molar-refractivity contribution in [3.63, 3.8) is 0 Å². The maximum atomic E-state index is 12.0. The second-order valence-electron chi connectivity index (χ2n) is 4.45. The minimum atomic E-state index is -0.400. The van der Waals surface area contributed by atoms with Gasteiger partial charge in [-0.05, 0) is 26.3 Å². The molecule has 0 aliphatic carbocycles. The number of hydrogen-bond donors (Lipinski definition) is 2. The molecule has 19 heavy (non-hydrogen) atoms. The first-order chi connectivity index (χ1) is 9.05. The Hall–Kier alpha value is -2.02. The van der Waals surface area contributed by atoms with Crippen LogP contribution in [-0.4, -0.2) is 43.2 Å². The van der Waals surface area contributed by atoms with E-state index < -0.39 is 5.91 Å². The quantitative estimate of drug-likeness (QED) is 0.824. The molecule has 0 radical (unpaired) electrons. The fraction of sp³-hybridized carbons (Fsp3) is 0.500. The lowest BCUT2D eigenvalue weighted by Crippen LogP contribution is -2.37. The SMILES string of the molecule is CCC(CO)NC(=O)c1nc2nc(C)cc(C)n2n1. The Morgan fingerprint density at radius 3 is 2.84 bits per heavy atom. The van der Waals surface area contributed by atoms with Gasteiger partial charge in [-0.3, -0.25) is 4.79 Å². The fourth-order valence-corrected chi connectivity index (χ4v) is 1.79. The summed E-state index contributed by atoms with van der Waals surface area (Å²) in [5, 5.41) is 15.9. The van der Waals surface area contributed by atoms with Gasteiger partial charge < -0.3 is 10.4 Å². The van der Waals surface area contributed by atoms with Crippen molar-refractivity contribution in [1.82, 2.24) is 24.9 Å². The van der Waals surface area contributed by atoms with Crippen molar-refractivity contribution in [2.24, 2.45) is 0 Å². The predicted molar refractivity (Wildman–Crippen MR) is 68.9 cm³/mol. The first-order valence-corrected chi connectivity index (χ1v) is 6.18. The average molecular weight is 263 g/mol. The number of rotatable bonds is 4. The van der Waals surface area contributed by atoms with Gasteiger partial charge in [0.05, 0.1) is 12.6 Å². The number of nitrogens with one attached hydrogen (secondary N) is 1. The monoisotopic (exact) mass is 263 g/mol. The van der Waals surface area contributed by atoms with Crippen LogP contribution in [-0.2, 0) is 0 Å². The summed E-state index contributed by atoms with van der Waals surface area (Å²) >= 11 is 0. The van der Waals surface area contributed by atoms with Crippen LogP contribution >= 0.6 is 0 Å². The summed E-state index contributed by atoms with van der Waals surface area (Å²) in [6, 6.07) is 1.58. The molecule has 1 atom stereocenters. The smallest absolute Gasteiger partial charge is 0.291 e. The Kier molecular flexibility index (Phi) is 3.75. The molecule has 0 bridgehead atoms. The highest BCUT2D eigenvalue weighted by atomic mass is 16.3. The maximum Gasteiger partial charge on any atom is 0.291 e. The van der Waals surface area contributed by atoms with E-state index in [1.54, 1.807) is 0 Å². The molecule has 2 aromatic heterocycles. The number of aliphatic hydroxyl groups excluding tert-OH is 1. The number of amides is 1. The topological polar surface area (TPSA) is 92.4 Å². The first-order valence-electron chi connectivity index (χ1n) is 6.18. The molecule has 0 saturated carbocycles. The third-order valence-corrected chi connectivity index (χ3v) is 2.87. The number of carbonyl (C=O) groups excluding carboxylic acids is 1. The molecule has 0 saturated heterocycles. The molecule has 7 heteroatoms. The summed E-state index contributed by atoms with van der Waals surface area (Å²) in [5.74, 6) is 0.0660. The van der Waals surface area contributed by atoms with E-state index in [-0.39, 0.29) is 18.5 Å². The van der Waals surface area contributed by atoms with Gasteiger partial charge in [-0.15, -0.1) is 5.10 Å². The van der Waals surface area contributed by atoms with Gasteiger partial charge in [0.2, 0.25) is 5.82 Å².